The molecule has 0 atom stereocenters. The predicted molar refractivity (Wildman–Crippen MR) is 108 cm³/mol. The lowest BCUT2D eigenvalue weighted by molar-refractivity contribution is -0.121. The summed E-state index contributed by atoms with van der Waals surface area (Å²) in [6, 6.07) is 18.2. The molecule has 0 aliphatic carbocycles. The Morgan fingerprint density at radius 1 is 1.11 bits per heavy atom. The van der Waals surface area contributed by atoms with Crippen LogP contribution in [0.1, 0.15) is 25.3 Å². The van der Waals surface area contributed by atoms with Crippen molar-refractivity contribution in [1.82, 2.24) is 25.5 Å². The number of nitrogens with one attached hydrogen (secondary N) is 1. The molecule has 0 radical (unpaired) electrons. The predicted octanol–water partition coefficient (Wildman–Crippen LogP) is 3.37. The van der Waals surface area contributed by atoms with Crippen molar-refractivity contribution in [2.75, 3.05) is 12.3 Å². The summed E-state index contributed by atoms with van der Waals surface area (Å²) in [4.78, 5) is 14.6. The van der Waals surface area contributed by atoms with Crippen LogP contribution in [0.2, 0.25) is 0 Å². The van der Waals surface area contributed by atoms with Crippen molar-refractivity contribution in [3.63, 3.8) is 0 Å². The first-order valence-corrected chi connectivity index (χ1v) is 9.93. The van der Waals surface area contributed by atoms with Gasteiger partial charge in [0.05, 0.1) is 0 Å². The molecule has 140 valence electrons. The minimum absolute atomic E-state index is 0.0626. The number of rotatable bonds is 8. The number of carbonyl (C=O) groups excluding carboxylic acids is 1. The van der Waals surface area contributed by atoms with Crippen LogP contribution in [-0.2, 0) is 11.3 Å². The second-order valence-electron chi connectivity index (χ2n) is 6.43. The van der Waals surface area contributed by atoms with Crippen LogP contribution in [0.3, 0.4) is 0 Å². The van der Waals surface area contributed by atoms with Crippen LogP contribution in [0.15, 0.2) is 59.5 Å². The van der Waals surface area contributed by atoms with E-state index < -0.39 is 0 Å². The van der Waals surface area contributed by atoms with Gasteiger partial charge in [0, 0.05) is 22.8 Å². The topological polar surface area (TPSA) is 72.7 Å². The van der Waals surface area contributed by atoms with Crippen molar-refractivity contribution in [2.24, 2.45) is 0 Å². The lowest BCUT2D eigenvalue weighted by Crippen LogP contribution is -2.30. The minimum atomic E-state index is -0.122. The van der Waals surface area contributed by atoms with Gasteiger partial charge in [-0.05, 0) is 28.8 Å². The molecule has 3 rings (SSSR count). The third kappa shape index (κ3) is 5.65. The third-order valence-corrected chi connectivity index (χ3v) is 5.02. The molecule has 7 heteroatoms. The van der Waals surface area contributed by atoms with E-state index in [9.17, 15) is 4.79 Å². The lowest BCUT2D eigenvalue weighted by Gasteiger charge is -2.05. The highest BCUT2D eigenvalue weighted by atomic mass is 32.2. The number of amides is 1. The Hall–Kier alpha value is -2.67. The van der Waals surface area contributed by atoms with Crippen molar-refractivity contribution < 1.29 is 4.79 Å². The number of nitrogens with zero attached hydrogens (tertiary/aromatic N) is 4. The Morgan fingerprint density at radius 2 is 1.85 bits per heavy atom. The van der Waals surface area contributed by atoms with Crippen LogP contribution in [-0.4, -0.2) is 38.4 Å². The van der Waals surface area contributed by atoms with Crippen LogP contribution in [0.4, 0.5) is 0 Å². The summed E-state index contributed by atoms with van der Waals surface area (Å²) in [6.45, 7) is 4.96. The maximum absolute atomic E-state index is 12.0. The normalized spacial score (nSPS) is 10.9. The Bertz CT molecular complexity index is 862. The van der Waals surface area contributed by atoms with Gasteiger partial charge in [0.15, 0.2) is 0 Å². The van der Waals surface area contributed by atoms with E-state index in [4.69, 9.17) is 0 Å². The Morgan fingerprint density at radius 3 is 2.56 bits per heavy atom. The zero-order chi connectivity index (χ0) is 19.1. The van der Waals surface area contributed by atoms with Gasteiger partial charge in [0.1, 0.15) is 6.54 Å². The van der Waals surface area contributed by atoms with Crippen molar-refractivity contribution in [3.8, 4) is 11.4 Å². The molecular formula is C20H23N5OS. The van der Waals surface area contributed by atoms with Gasteiger partial charge >= 0.3 is 0 Å². The zero-order valence-electron chi connectivity index (χ0n) is 15.5. The first-order chi connectivity index (χ1) is 13.1. The summed E-state index contributed by atoms with van der Waals surface area (Å²) in [7, 11) is 0. The fourth-order valence-corrected chi connectivity index (χ4v) is 3.29. The molecule has 1 aromatic heterocycles. The molecule has 27 heavy (non-hydrogen) atoms. The van der Waals surface area contributed by atoms with Gasteiger partial charge in [-0.3, -0.25) is 4.79 Å². The highest BCUT2D eigenvalue weighted by Gasteiger charge is 2.09. The highest BCUT2D eigenvalue weighted by Crippen LogP contribution is 2.19. The van der Waals surface area contributed by atoms with E-state index in [1.54, 1.807) is 11.8 Å². The monoisotopic (exact) mass is 381 g/mol. The quantitative estimate of drug-likeness (QED) is 0.478. The average molecular weight is 382 g/mol. The summed E-state index contributed by atoms with van der Waals surface area (Å²) < 4.78 is 0. The van der Waals surface area contributed by atoms with E-state index in [-0.39, 0.29) is 12.5 Å². The van der Waals surface area contributed by atoms with Gasteiger partial charge < -0.3 is 5.32 Å². The molecule has 6 nitrogen and oxygen atoms in total. The van der Waals surface area contributed by atoms with Crippen LogP contribution < -0.4 is 5.32 Å². The van der Waals surface area contributed by atoms with Crippen LogP contribution in [0.25, 0.3) is 11.4 Å². The van der Waals surface area contributed by atoms with Crippen LogP contribution >= 0.6 is 11.8 Å². The molecule has 0 fully saturated rings. The molecule has 0 saturated heterocycles. The Labute approximate surface area is 163 Å². The Kier molecular flexibility index (Phi) is 6.59. The maximum atomic E-state index is 12.0. The minimum Gasteiger partial charge on any atom is -0.354 e. The fourth-order valence-electron chi connectivity index (χ4n) is 2.50. The van der Waals surface area contributed by atoms with Crippen molar-refractivity contribution in [3.05, 3.63) is 60.2 Å². The molecule has 0 saturated carbocycles. The fraction of sp³-hybridized carbons (Fsp3) is 0.300. The van der Waals surface area contributed by atoms with Crippen molar-refractivity contribution in [1.29, 1.82) is 0 Å². The van der Waals surface area contributed by atoms with Gasteiger partial charge in [0.25, 0.3) is 0 Å². The standard InChI is InChI=1S/C20H23N5OS/c1-15(2)16-8-10-17(11-9-16)20-22-24-25(23-20)14-19(26)21-12-13-27-18-6-4-3-5-7-18/h3-11,15H,12-14H2,1-2H3,(H,21,26). The van der Waals surface area contributed by atoms with Crippen molar-refractivity contribution >= 4 is 17.7 Å². The number of aromatic nitrogens is 4. The van der Waals surface area contributed by atoms with E-state index >= 15 is 0 Å². The zero-order valence-corrected chi connectivity index (χ0v) is 16.3. The van der Waals surface area contributed by atoms with Gasteiger partial charge in [-0.2, -0.15) is 4.80 Å². The van der Waals surface area contributed by atoms with E-state index in [0.29, 0.717) is 18.3 Å². The van der Waals surface area contributed by atoms with Gasteiger partial charge in [-0.1, -0.05) is 56.3 Å². The first kappa shape index (κ1) is 19.1. The molecule has 3 aromatic rings. The molecule has 0 unspecified atom stereocenters. The smallest absolute Gasteiger partial charge is 0.243 e. The Balaban J connectivity index is 1.46. The summed E-state index contributed by atoms with van der Waals surface area (Å²) >= 11 is 1.71. The molecule has 0 bridgehead atoms. The first-order valence-electron chi connectivity index (χ1n) is 8.94. The van der Waals surface area contributed by atoms with Crippen LogP contribution in [0, 0.1) is 0 Å². The molecule has 0 spiro atoms. The summed E-state index contributed by atoms with van der Waals surface area (Å²) in [5.74, 6) is 1.69. The number of thioether (sulfide) groups is 1. The lowest BCUT2D eigenvalue weighted by atomic mass is 10.0. The SMILES string of the molecule is CC(C)c1ccc(-c2nnn(CC(=O)NCCSc3ccccc3)n2)cc1. The largest absolute Gasteiger partial charge is 0.354 e. The third-order valence-electron chi connectivity index (χ3n) is 4.01. The second-order valence-corrected chi connectivity index (χ2v) is 7.60. The maximum Gasteiger partial charge on any atom is 0.243 e. The van der Waals surface area contributed by atoms with E-state index in [0.717, 1.165) is 11.3 Å². The second kappa shape index (κ2) is 9.32. The molecule has 0 aliphatic heterocycles. The number of benzene rings is 2. The molecule has 1 N–H and O–H groups in total. The molecular weight excluding hydrogens is 358 g/mol. The van der Waals surface area contributed by atoms with Crippen LogP contribution in [0.5, 0.6) is 0 Å². The summed E-state index contributed by atoms with van der Waals surface area (Å²) in [5, 5.41) is 15.2. The molecule has 1 amide bonds. The molecule has 0 aliphatic rings. The summed E-state index contributed by atoms with van der Waals surface area (Å²) in [6.07, 6.45) is 0. The average Bonchev–Trinajstić information content (AvgIpc) is 3.14. The van der Waals surface area contributed by atoms with Crippen molar-refractivity contribution in [2.45, 2.75) is 31.2 Å². The number of hydrogen-bond donors (Lipinski definition) is 1. The molecule has 2 aromatic carbocycles. The number of tetrazole rings is 1. The molecule has 1 heterocycles. The number of carbonyl (C=O) groups is 1. The summed E-state index contributed by atoms with van der Waals surface area (Å²) in [5.41, 5.74) is 2.16. The van der Waals surface area contributed by atoms with E-state index in [1.165, 1.54) is 15.3 Å². The van der Waals surface area contributed by atoms with E-state index in [1.807, 2.05) is 30.3 Å². The van der Waals surface area contributed by atoms with Gasteiger partial charge in [0.2, 0.25) is 11.7 Å². The van der Waals surface area contributed by atoms with Gasteiger partial charge in [-0.25, -0.2) is 0 Å². The van der Waals surface area contributed by atoms with Gasteiger partial charge in [-0.15, -0.1) is 22.0 Å². The highest BCUT2D eigenvalue weighted by molar-refractivity contribution is 7.99. The van der Waals surface area contributed by atoms with E-state index in [2.05, 4.69) is 58.8 Å². The number of hydrogen-bond acceptors (Lipinski definition) is 5.